The van der Waals surface area contributed by atoms with Crippen molar-refractivity contribution in [1.82, 2.24) is 0 Å². The average Bonchev–Trinajstić information content (AvgIpc) is 1.88. The van der Waals surface area contributed by atoms with Gasteiger partial charge in [-0.1, -0.05) is 18.2 Å². The molecule has 2 nitrogen and oxygen atoms in total. The van der Waals surface area contributed by atoms with Crippen molar-refractivity contribution in [3.05, 3.63) is 30.3 Å². The van der Waals surface area contributed by atoms with E-state index in [0.29, 0.717) is 5.75 Å². The predicted octanol–water partition coefficient (Wildman–Crippen LogP) is 2.24. The number of benzene rings is 1. The molecular weight excluding hydrogens is 147 g/mol. The predicted molar refractivity (Wildman–Crippen MR) is 41.8 cm³/mol. The molecule has 1 unspecified atom stereocenters. The van der Waals surface area contributed by atoms with Crippen LogP contribution in [0.15, 0.2) is 30.3 Å². The molecule has 0 saturated carbocycles. The molecule has 0 aromatic heterocycles. The van der Waals surface area contributed by atoms with E-state index in [4.69, 9.17) is 4.52 Å². The van der Waals surface area contributed by atoms with E-state index in [-0.39, 0.29) is 0 Å². The first-order valence-electron chi connectivity index (χ1n) is 2.80. The molecule has 0 heterocycles. The van der Waals surface area contributed by atoms with Crippen molar-refractivity contribution in [3.8, 4) is 5.75 Å². The molecule has 52 valence electrons. The molecule has 0 fully saturated rings. The van der Waals surface area contributed by atoms with Gasteiger partial charge in [-0.15, -0.1) is 0 Å². The number of rotatable bonds is 2. The molecule has 0 amide bonds. The van der Waals surface area contributed by atoms with E-state index in [1.165, 1.54) is 0 Å². The third kappa shape index (κ3) is 2.08. The maximum atomic E-state index is 10.4. The standard InChI is InChI=1S/C7H7O2P/c1-10(8)9-7-5-3-2-4-6-7/h2-6H,1H2. The normalized spacial score (nSPS) is 10.6. The van der Waals surface area contributed by atoms with Gasteiger partial charge in [0.25, 0.3) is 7.65 Å². The fraction of sp³-hybridized carbons (Fsp3) is 0. The molecule has 1 atom stereocenters. The summed E-state index contributed by atoms with van der Waals surface area (Å²) in [5, 5.41) is 0. The highest BCUT2D eigenvalue weighted by atomic mass is 31.1. The first-order chi connectivity index (χ1) is 4.79. The molecule has 10 heavy (non-hydrogen) atoms. The van der Waals surface area contributed by atoms with E-state index in [9.17, 15) is 4.57 Å². The van der Waals surface area contributed by atoms with Gasteiger partial charge in [-0.05, 0) is 18.4 Å². The Morgan fingerprint density at radius 1 is 1.30 bits per heavy atom. The first-order valence-corrected chi connectivity index (χ1v) is 4.16. The van der Waals surface area contributed by atoms with Crippen LogP contribution in [0.4, 0.5) is 0 Å². The smallest absolute Gasteiger partial charge is 0.287 e. The molecule has 0 aliphatic rings. The number of hydrogen-bond acceptors (Lipinski definition) is 2. The van der Waals surface area contributed by atoms with Crippen LogP contribution in [0.1, 0.15) is 0 Å². The van der Waals surface area contributed by atoms with Crippen LogP contribution in [-0.4, -0.2) is 6.30 Å². The maximum absolute atomic E-state index is 10.4. The lowest BCUT2D eigenvalue weighted by Gasteiger charge is -1.94. The van der Waals surface area contributed by atoms with Crippen LogP contribution >= 0.6 is 7.65 Å². The topological polar surface area (TPSA) is 26.3 Å². The Balaban J connectivity index is 2.77. The molecule has 0 saturated heterocycles. The van der Waals surface area contributed by atoms with Gasteiger partial charge < -0.3 is 4.52 Å². The summed E-state index contributed by atoms with van der Waals surface area (Å²) in [6, 6.07) is 8.96. The van der Waals surface area contributed by atoms with Gasteiger partial charge in [0.05, 0.1) is 0 Å². The number of para-hydroxylation sites is 1. The molecule has 0 bridgehead atoms. The summed E-state index contributed by atoms with van der Waals surface area (Å²) in [7, 11) is -1.78. The van der Waals surface area contributed by atoms with Crippen molar-refractivity contribution < 1.29 is 9.09 Å². The summed E-state index contributed by atoms with van der Waals surface area (Å²) in [6.07, 6.45) is 3.22. The zero-order valence-electron chi connectivity index (χ0n) is 5.36. The van der Waals surface area contributed by atoms with Crippen LogP contribution in [0.25, 0.3) is 0 Å². The molecule has 1 aromatic rings. The second kappa shape index (κ2) is 3.23. The van der Waals surface area contributed by atoms with Crippen molar-refractivity contribution in [1.29, 1.82) is 0 Å². The van der Waals surface area contributed by atoms with Gasteiger partial charge in [0.1, 0.15) is 5.75 Å². The van der Waals surface area contributed by atoms with Crippen LogP contribution in [0, 0.1) is 0 Å². The third-order valence-corrected chi connectivity index (χ3v) is 1.36. The van der Waals surface area contributed by atoms with E-state index >= 15 is 0 Å². The summed E-state index contributed by atoms with van der Waals surface area (Å²) in [6.45, 7) is 0. The van der Waals surface area contributed by atoms with Crippen molar-refractivity contribution in [2.24, 2.45) is 0 Å². The highest BCUT2D eigenvalue weighted by Crippen LogP contribution is 2.15. The van der Waals surface area contributed by atoms with Gasteiger partial charge in [-0.3, -0.25) is 0 Å². The molecule has 0 N–H and O–H groups in total. The fourth-order valence-corrected chi connectivity index (χ4v) is 0.956. The number of hydrogen-bond donors (Lipinski definition) is 0. The van der Waals surface area contributed by atoms with Crippen LogP contribution in [0.2, 0.25) is 0 Å². The minimum atomic E-state index is -1.78. The Kier molecular flexibility index (Phi) is 2.30. The molecule has 0 aliphatic carbocycles. The lowest BCUT2D eigenvalue weighted by Crippen LogP contribution is -1.73. The van der Waals surface area contributed by atoms with E-state index in [1.807, 2.05) is 18.2 Å². The zero-order valence-corrected chi connectivity index (χ0v) is 6.25. The summed E-state index contributed by atoms with van der Waals surface area (Å²) in [4.78, 5) is 0. The summed E-state index contributed by atoms with van der Waals surface area (Å²) in [5.74, 6) is 0.596. The van der Waals surface area contributed by atoms with E-state index < -0.39 is 7.65 Å². The minimum absolute atomic E-state index is 0.596. The third-order valence-electron chi connectivity index (χ3n) is 0.950. The molecule has 0 radical (unpaired) electrons. The van der Waals surface area contributed by atoms with Gasteiger partial charge in [0, 0.05) is 0 Å². The van der Waals surface area contributed by atoms with Gasteiger partial charge in [0.15, 0.2) is 0 Å². The van der Waals surface area contributed by atoms with Gasteiger partial charge in [-0.2, -0.15) is 0 Å². The highest BCUT2D eigenvalue weighted by molar-refractivity contribution is 7.38. The van der Waals surface area contributed by atoms with Crippen molar-refractivity contribution in [2.45, 2.75) is 0 Å². The van der Waals surface area contributed by atoms with Crippen molar-refractivity contribution in [3.63, 3.8) is 0 Å². The molecule has 1 rings (SSSR count). The average molecular weight is 154 g/mol. The zero-order chi connectivity index (χ0) is 7.40. The highest BCUT2D eigenvalue weighted by Gasteiger charge is 1.87. The molecular formula is C7H7O2P. The molecule has 0 spiro atoms. The monoisotopic (exact) mass is 154 g/mol. The van der Waals surface area contributed by atoms with E-state index in [0.717, 1.165) is 0 Å². The van der Waals surface area contributed by atoms with Gasteiger partial charge in [0.2, 0.25) is 0 Å². The van der Waals surface area contributed by atoms with Crippen LogP contribution in [-0.2, 0) is 4.57 Å². The second-order valence-electron chi connectivity index (χ2n) is 1.74. The van der Waals surface area contributed by atoms with Crippen LogP contribution in [0.3, 0.4) is 0 Å². The van der Waals surface area contributed by atoms with Crippen LogP contribution in [0.5, 0.6) is 5.75 Å². The minimum Gasteiger partial charge on any atom is -0.415 e. The maximum Gasteiger partial charge on any atom is 0.287 e. The summed E-state index contributed by atoms with van der Waals surface area (Å²) >= 11 is 0. The largest absolute Gasteiger partial charge is 0.415 e. The van der Waals surface area contributed by atoms with Crippen LogP contribution < -0.4 is 4.52 Å². The Labute approximate surface area is 60.0 Å². The van der Waals surface area contributed by atoms with Crippen molar-refractivity contribution >= 4 is 14.0 Å². The molecule has 1 aromatic carbocycles. The molecule has 0 aliphatic heterocycles. The van der Waals surface area contributed by atoms with Gasteiger partial charge in [-0.25, -0.2) is 4.57 Å². The van der Waals surface area contributed by atoms with E-state index in [1.54, 1.807) is 12.1 Å². The second-order valence-corrected chi connectivity index (χ2v) is 2.59. The van der Waals surface area contributed by atoms with Gasteiger partial charge >= 0.3 is 0 Å². The van der Waals surface area contributed by atoms with Crippen molar-refractivity contribution in [2.75, 3.05) is 0 Å². The Bertz CT molecular complexity index is 256. The first kappa shape index (κ1) is 7.10. The Hall–Kier alpha value is -1.01. The lowest BCUT2D eigenvalue weighted by atomic mass is 10.3. The lowest BCUT2D eigenvalue weighted by molar-refractivity contribution is 0.522. The fourth-order valence-electron chi connectivity index (χ4n) is 0.599. The quantitative estimate of drug-likeness (QED) is 0.610. The SMILES string of the molecule is C=P(=O)Oc1ccccc1. The summed E-state index contributed by atoms with van der Waals surface area (Å²) < 4.78 is 15.2. The summed E-state index contributed by atoms with van der Waals surface area (Å²) in [5.41, 5.74) is 0. The molecule has 3 heteroatoms. The Morgan fingerprint density at radius 3 is 2.40 bits per heavy atom. The Morgan fingerprint density at radius 2 is 1.90 bits per heavy atom. The van der Waals surface area contributed by atoms with E-state index in [2.05, 4.69) is 6.30 Å².